The molecule has 0 unspecified atom stereocenters. The highest BCUT2D eigenvalue weighted by Gasteiger charge is 2.25. The second-order valence-electron chi connectivity index (χ2n) is 4.64. The fourth-order valence-corrected chi connectivity index (χ4v) is 3.39. The van der Waals surface area contributed by atoms with Gasteiger partial charge in [0.15, 0.2) is 0 Å². The van der Waals surface area contributed by atoms with E-state index in [1.54, 1.807) is 42.6 Å². The van der Waals surface area contributed by atoms with Crippen LogP contribution < -0.4 is 4.31 Å². The van der Waals surface area contributed by atoms with Crippen molar-refractivity contribution in [3.8, 4) is 12.3 Å². The van der Waals surface area contributed by atoms with Crippen molar-refractivity contribution < 1.29 is 8.42 Å². The molecule has 0 radical (unpaired) electrons. The van der Waals surface area contributed by atoms with Gasteiger partial charge < -0.3 is 0 Å². The highest BCUT2D eigenvalue weighted by molar-refractivity contribution is 7.92. The molecule has 0 atom stereocenters. The first-order valence-corrected chi connectivity index (χ1v) is 8.05. The summed E-state index contributed by atoms with van der Waals surface area (Å²) in [6, 6.07) is 9.96. The lowest BCUT2D eigenvalue weighted by molar-refractivity contribution is 0.593. The topological polar surface area (TPSA) is 50.3 Å². The van der Waals surface area contributed by atoms with E-state index >= 15 is 0 Å². The molecule has 112 valence electrons. The van der Waals surface area contributed by atoms with Crippen molar-refractivity contribution in [3.63, 3.8) is 0 Å². The zero-order chi connectivity index (χ0) is 16.2. The number of aryl methyl sites for hydroxylation is 1. The van der Waals surface area contributed by atoms with E-state index in [4.69, 9.17) is 6.42 Å². The number of terminal acetylenes is 1. The van der Waals surface area contributed by atoms with Crippen LogP contribution in [0.1, 0.15) is 11.3 Å². The second-order valence-corrected chi connectivity index (χ2v) is 6.50. The third-order valence-corrected chi connectivity index (χ3v) is 4.90. The zero-order valence-corrected chi connectivity index (χ0v) is 13.0. The maximum Gasteiger partial charge on any atom is 0.265 e. The van der Waals surface area contributed by atoms with Gasteiger partial charge in [0, 0.05) is 6.20 Å². The number of nitrogens with zero attached hydrogens (tertiary/aromatic N) is 2. The van der Waals surface area contributed by atoms with E-state index in [0.717, 1.165) is 5.56 Å². The molecule has 0 saturated carbocycles. The number of hydrogen-bond acceptors (Lipinski definition) is 3. The Bertz CT molecular complexity index is 818. The predicted octanol–water partition coefficient (Wildman–Crippen LogP) is 2.86. The lowest BCUT2D eigenvalue weighted by Gasteiger charge is -2.23. The zero-order valence-electron chi connectivity index (χ0n) is 12.2. The molecule has 0 aliphatic carbocycles. The molecule has 0 bridgehead atoms. The van der Waals surface area contributed by atoms with Gasteiger partial charge >= 0.3 is 0 Å². The summed E-state index contributed by atoms with van der Waals surface area (Å²) in [5, 5.41) is 0. The molecule has 2 rings (SSSR count). The second kappa shape index (κ2) is 6.46. The molecule has 2 aromatic rings. The average molecular weight is 312 g/mol. The van der Waals surface area contributed by atoms with E-state index in [-0.39, 0.29) is 11.4 Å². The SMILES string of the molecule is C#CCN(c1cccnc1C=C)S(=O)(=O)c1ccc(C)cc1. The Morgan fingerprint density at radius 1 is 1.32 bits per heavy atom. The van der Waals surface area contributed by atoms with Gasteiger partial charge in [0.2, 0.25) is 0 Å². The van der Waals surface area contributed by atoms with Crippen LogP contribution in [-0.2, 0) is 10.0 Å². The van der Waals surface area contributed by atoms with Crippen molar-refractivity contribution in [1.29, 1.82) is 0 Å². The van der Waals surface area contributed by atoms with Gasteiger partial charge in [-0.1, -0.05) is 30.2 Å². The lowest BCUT2D eigenvalue weighted by Crippen LogP contribution is -2.32. The van der Waals surface area contributed by atoms with E-state index in [9.17, 15) is 8.42 Å². The van der Waals surface area contributed by atoms with Gasteiger partial charge in [-0.25, -0.2) is 8.42 Å². The normalized spacial score (nSPS) is 10.7. The number of anilines is 1. The van der Waals surface area contributed by atoms with Crippen LogP contribution in [0.3, 0.4) is 0 Å². The molecular formula is C17H16N2O2S. The highest BCUT2D eigenvalue weighted by atomic mass is 32.2. The van der Waals surface area contributed by atoms with Crippen molar-refractivity contribution >= 4 is 21.8 Å². The Hall–Kier alpha value is -2.58. The van der Waals surface area contributed by atoms with Crippen molar-refractivity contribution in [2.75, 3.05) is 10.8 Å². The van der Waals surface area contributed by atoms with Crippen LogP contribution in [0.25, 0.3) is 6.08 Å². The molecule has 1 heterocycles. The van der Waals surface area contributed by atoms with Gasteiger partial charge in [-0.2, -0.15) is 0 Å². The fourth-order valence-electron chi connectivity index (χ4n) is 2.00. The molecule has 1 aromatic heterocycles. The summed E-state index contributed by atoms with van der Waals surface area (Å²) in [6.07, 6.45) is 8.43. The van der Waals surface area contributed by atoms with Crippen LogP contribution in [0.5, 0.6) is 0 Å². The van der Waals surface area contributed by atoms with E-state index in [2.05, 4.69) is 17.5 Å². The van der Waals surface area contributed by atoms with Crippen molar-refractivity contribution in [2.45, 2.75) is 11.8 Å². The average Bonchev–Trinajstić information content (AvgIpc) is 2.53. The summed E-state index contributed by atoms with van der Waals surface area (Å²) in [4.78, 5) is 4.32. The molecule has 0 aliphatic heterocycles. The summed E-state index contributed by atoms with van der Waals surface area (Å²) in [6.45, 7) is 5.48. The van der Waals surface area contributed by atoms with E-state index in [1.165, 1.54) is 10.4 Å². The first-order valence-electron chi connectivity index (χ1n) is 6.61. The summed E-state index contributed by atoms with van der Waals surface area (Å²) in [5.74, 6) is 2.39. The van der Waals surface area contributed by atoms with Crippen molar-refractivity contribution in [2.24, 2.45) is 0 Å². The molecule has 0 spiro atoms. The molecule has 0 aliphatic rings. The minimum atomic E-state index is -3.76. The molecule has 4 nitrogen and oxygen atoms in total. The van der Waals surface area contributed by atoms with E-state index < -0.39 is 10.0 Å². The highest BCUT2D eigenvalue weighted by Crippen LogP contribution is 2.26. The smallest absolute Gasteiger partial charge is 0.255 e. The largest absolute Gasteiger partial charge is 0.265 e. The molecule has 1 aromatic carbocycles. The first-order chi connectivity index (χ1) is 10.5. The molecule has 5 heteroatoms. The van der Waals surface area contributed by atoms with Gasteiger partial charge in [-0.15, -0.1) is 6.42 Å². The van der Waals surface area contributed by atoms with Crippen LogP contribution in [-0.4, -0.2) is 19.9 Å². The number of pyridine rings is 1. The van der Waals surface area contributed by atoms with Crippen LogP contribution in [0.15, 0.2) is 54.1 Å². The Balaban J connectivity index is 2.58. The number of sulfonamides is 1. The monoisotopic (exact) mass is 312 g/mol. The van der Waals surface area contributed by atoms with Gasteiger partial charge in [0.05, 0.1) is 22.8 Å². The standard InChI is InChI=1S/C17H16N2O2S/c1-4-13-19(17-7-6-12-18-16(17)5-2)22(20,21)15-10-8-14(3)9-11-15/h1,5-12H,2,13H2,3H3. The number of rotatable bonds is 5. The van der Waals surface area contributed by atoms with Gasteiger partial charge in [-0.05, 0) is 37.3 Å². The Morgan fingerprint density at radius 2 is 2.00 bits per heavy atom. The molecule has 0 saturated heterocycles. The van der Waals surface area contributed by atoms with Gasteiger partial charge in [0.1, 0.15) is 0 Å². The van der Waals surface area contributed by atoms with Crippen LogP contribution in [0.2, 0.25) is 0 Å². The Kier molecular flexibility index (Phi) is 4.64. The van der Waals surface area contributed by atoms with Gasteiger partial charge in [-0.3, -0.25) is 9.29 Å². The number of benzene rings is 1. The maximum atomic E-state index is 12.9. The van der Waals surface area contributed by atoms with Crippen LogP contribution >= 0.6 is 0 Å². The lowest BCUT2D eigenvalue weighted by atomic mass is 10.2. The molecular weight excluding hydrogens is 296 g/mol. The van der Waals surface area contributed by atoms with Crippen LogP contribution in [0, 0.1) is 19.3 Å². The molecule has 0 fully saturated rings. The Morgan fingerprint density at radius 3 is 2.59 bits per heavy atom. The van der Waals surface area contributed by atoms with E-state index in [1.807, 2.05) is 6.92 Å². The van der Waals surface area contributed by atoms with Crippen molar-refractivity contribution in [3.05, 3.63) is 60.4 Å². The summed E-state index contributed by atoms with van der Waals surface area (Å²) < 4.78 is 26.9. The summed E-state index contributed by atoms with van der Waals surface area (Å²) in [7, 11) is -3.76. The van der Waals surface area contributed by atoms with Gasteiger partial charge in [0.25, 0.3) is 10.0 Å². The minimum absolute atomic E-state index is 0.0806. The number of aromatic nitrogens is 1. The number of hydrogen-bond donors (Lipinski definition) is 0. The third kappa shape index (κ3) is 3.02. The molecule has 0 N–H and O–H groups in total. The first kappa shape index (κ1) is 15.8. The quantitative estimate of drug-likeness (QED) is 0.798. The Labute approximate surface area is 131 Å². The minimum Gasteiger partial charge on any atom is -0.255 e. The molecule has 22 heavy (non-hydrogen) atoms. The third-order valence-electron chi connectivity index (χ3n) is 3.12. The molecule has 0 amide bonds. The van der Waals surface area contributed by atoms with Crippen molar-refractivity contribution in [1.82, 2.24) is 4.98 Å². The fraction of sp³-hybridized carbons (Fsp3) is 0.118. The summed E-state index contributed by atoms with van der Waals surface area (Å²) >= 11 is 0. The summed E-state index contributed by atoms with van der Waals surface area (Å²) in [5.41, 5.74) is 1.86. The predicted molar refractivity (Wildman–Crippen MR) is 88.9 cm³/mol. The maximum absolute atomic E-state index is 12.9. The van der Waals surface area contributed by atoms with Crippen LogP contribution in [0.4, 0.5) is 5.69 Å². The van der Waals surface area contributed by atoms with E-state index in [0.29, 0.717) is 11.4 Å².